The fourth-order valence-electron chi connectivity index (χ4n) is 1.63. The molecule has 1 heterocycles. The molecule has 3 N–H and O–H groups in total. The predicted molar refractivity (Wildman–Crippen MR) is 69.3 cm³/mol. The number of anilines is 1. The molecule has 1 aromatic carbocycles. The van der Waals surface area contributed by atoms with E-state index in [-0.39, 0.29) is 0 Å². The van der Waals surface area contributed by atoms with E-state index < -0.39 is 0 Å². The summed E-state index contributed by atoms with van der Waals surface area (Å²) in [6.07, 6.45) is 0. The first-order valence-corrected chi connectivity index (χ1v) is 6.07. The molecule has 1 aromatic heterocycles. The Labute approximate surface area is 104 Å². The Morgan fingerprint density at radius 3 is 2.76 bits per heavy atom. The summed E-state index contributed by atoms with van der Waals surface area (Å²) in [6.45, 7) is 1.60. The zero-order chi connectivity index (χ0) is 12.1. The van der Waals surface area contributed by atoms with Gasteiger partial charge in [0.05, 0.1) is 0 Å². The third kappa shape index (κ3) is 3.23. The second-order valence-corrected chi connectivity index (χ2v) is 4.61. The second-order valence-electron chi connectivity index (χ2n) is 3.85. The van der Waals surface area contributed by atoms with Crippen LogP contribution in [0.25, 0.3) is 0 Å². The Hall–Kier alpha value is -1.50. The summed E-state index contributed by atoms with van der Waals surface area (Å²) in [5.41, 5.74) is 4.77. The van der Waals surface area contributed by atoms with E-state index in [4.69, 9.17) is 5.84 Å². The third-order valence-corrected chi connectivity index (χ3v) is 3.10. The van der Waals surface area contributed by atoms with Gasteiger partial charge in [-0.1, -0.05) is 34.8 Å². The normalized spacial score (nSPS) is 10.8. The van der Waals surface area contributed by atoms with Gasteiger partial charge in [0.25, 0.3) is 0 Å². The van der Waals surface area contributed by atoms with Crippen LogP contribution in [0.5, 0.6) is 0 Å². The highest BCUT2D eigenvalue weighted by atomic mass is 32.1. The largest absolute Gasteiger partial charge is 0.313 e. The third-order valence-electron chi connectivity index (χ3n) is 2.40. The van der Waals surface area contributed by atoms with E-state index in [1.54, 1.807) is 0 Å². The van der Waals surface area contributed by atoms with Crippen LogP contribution in [0.2, 0.25) is 0 Å². The molecule has 0 spiro atoms. The van der Waals surface area contributed by atoms with Gasteiger partial charge in [0.15, 0.2) is 0 Å². The summed E-state index contributed by atoms with van der Waals surface area (Å²) >= 11 is 1.27. The van der Waals surface area contributed by atoms with E-state index >= 15 is 0 Å². The first kappa shape index (κ1) is 12.0. The van der Waals surface area contributed by atoms with Crippen LogP contribution >= 0.6 is 11.5 Å². The maximum absolute atomic E-state index is 5.39. The van der Waals surface area contributed by atoms with Crippen LogP contribution in [0.1, 0.15) is 11.3 Å². The van der Waals surface area contributed by atoms with Gasteiger partial charge in [-0.3, -0.25) is 4.90 Å². The maximum atomic E-state index is 5.39. The van der Waals surface area contributed by atoms with Crippen molar-refractivity contribution in [2.75, 3.05) is 12.5 Å². The Morgan fingerprint density at radius 1 is 1.29 bits per heavy atom. The van der Waals surface area contributed by atoms with Gasteiger partial charge in [-0.05, 0) is 12.6 Å². The van der Waals surface area contributed by atoms with Gasteiger partial charge >= 0.3 is 0 Å². The van der Waals surface area contributed by atoms with Crippen LogP contribution in [0.4, 0.5) is 5.00 Å². The fraction of sp³-hybridized carbons (Fsp3) is 0.273. The molecule has 0 aliphatic carbocycles. The van der Waals surface area contributed by atoms with Crippen molar-refractivity contribution < 1.29 is 0 Å². The molecule has 2 rings (SSSR count). The molecule has 0 aliphatic rings. The molecule has 0 atom stereocenters. The lowest BCUT2D eigenvalue weighted by Gasteiger charge is -2.15. The van der Waals surface area contributed by atoms with Crippen molar-refractivity contribution >= 4 is 16.5 Å². The summed E-state index contributed by atoms with van der Waals surface area (Å²) in [6, 6.07) is 10.3. The summed E-state index contributed by atoms with van der Waals surface area (Å²) in [5.74, 6) is 5.39. The maximum Gasteiger partial charge on any atom is 0.148 e. The first-order chi connectivity index (χ1) is 8.29. The number of nitrogen functional groups attached to an aromatic ring is 1. The molecule has 5 nitrogen and oxygen atoms in total. The average molecular weight is 249 g/mol. The summed E-state index contributed by atoms with van der Waals surface area (Å²) in [4.78, 5) is 2.17. The fourth-order valence-corrected chi connectivity index (χ4v) is 2.11. The Bertz CT molecular complexity index is 456. The zero-order valence-electron chi connectivity index (χ0n) is 9.63. The minimum Gasteiger partial charge on any atom is -0.313 e. The van der Waals surface area contributed by atoms with Crippen molar-refractivity contribution in [1.29, 1.82) is 0 Å². The highest BCUT2D eigenvalue weighted by molar-refractivity contribution is 7.10. The molecule has 0 saturated carbocycles. The molecule has 2 aromatic rings. The second kappa shape index (κ2) is 5.72. The number of aromatic nitrogens is 2. The summed E-state index contributed by atoms with van der Waals surface area (Å²) in [7, 11) is 2.05. The molecule has 6 heteroatoms. The lowest BCUT2D eigenvalue weighted by atomic mass is 10.2. The lowest BCUT2D eigenvalue weighted by molar-refractivity contribution is 0.315. The highest BCUT2D eigenvalue weighted by Gasteiger charge is 2.09. The Kier molecular flexibility index (Phi) is 4.03. The summed E-state index contributed by atoms with van der Waals surface area (Å²) < 4.78 is 3.88. The van der Waals surface area contributed by atoms with Gasteiger partial charge in [0, 0.05) is 24.6 Å². The SMILES string of the molecule is CN(Cc1ccccc1)Cc1nnsc1NN. The number of nitrogens with zero attached hydrogens (tertiary/aromatic N) is 3. The molecule has 0 saturated heterocycles. The van der Waals surface area contributed by atoms with Crippen molar-refractivity contribution in [3.05, 3.63) is 41.6 Å². The minimum absolute atomic E-state index is 0.727. The van der Waals surface area contributed by atoms with E-state index in [1.807, 2.05) is 25.2 Å². The van der Waals surface area contributed by atoms with E-state index in [9.17, 15) is 0 Å². The van der Waals surface area contributed by atoms with E-state index in [0.717, 1.165) is 23.8 Å². The molecular formula is C11H15N5S. The number of benzene rings is 1. The topological polar surface area (TPSA) is 67.1 Å². The standard InChI is InChI=1S/C11H15N5S/c1-16(7-9-5-3-2-4-6-9)8-10-11(13-12)17-15-14-10/h2-6,13H,7-8,12H2,1H3. The Morgan fingerprint density at radius 2 is 2.06 bits per heavy atom. The number of rotatable bonds is 5. The van der Waals surface area contributed by atoms with Gasteiger partial charge in [0.2, 0.25) is 0 Å². The van der Waals surface area contributed by atoms with Crippen molar-refractivity contribution in [3.63, 3.8) is 0 Å². The highest BCUT2D eigenvalue weighted by Crippen LogP contribution is 2.17. The monoisotopic (exact) mass is 249 g/mol. The molecule has 0 bridgehead atoms. The van der Waals surface area contributed by atoms with Gasteiger partial charge in [-0.25, -0.2) is 5.84 Å². The van der Waals surface area contributed by atoms with Gasteiger partial charge in [-0.2, -0.15) is 0 Å². The molecule has 0 unspecified atom stereocenters. The van der Waals surface area contributed by atoms with E-state index in [0.29, 0.717) is 0 Å². The minimum atomic E-state index is 0.727. The van der Waals surface area contributed by atoms with Crippen molar-refractivity contribution in [2.24, 2.45) is 5.84 Å². The number of nitrogens with one attached hydrogen (secondary N) is 1. The van der Waals surface area contributed by atoms with E-state index in [2.05, 4.69) is 32.0 Å². The molecule has 0 aliphatic heterocycles. The van der Waals surface area contributed by atoms with Crippen molar-refractivity contribution in [1.82, 2.24) is 14.5 Å². The molecule has 0 fully saturated rings. The van der Waals surface area contributed by atoms with Crippen LogP contribution in [0.15, 0.2) is 30.3 Å². The number of hydrazine groups is 1. The average Bonchev–Trinajstić information content (AvgIpc) is 2.77. The van der Waals surface area contributed by atoms with Gasteiger partial charge in [-0.15, -0.1) is 5.10 Å². The van der Waals surface area contributed by atoms with Gasteiger partial charge in [0.1, 0.15) is 10.7 Å². The van der Waals surface area contributed by atoms with E-state index in [1.165, 1.54) is 17.1 Å². The molecule has 0 radical (unpaired) electrons. The smallest absolute Gasteiger partial charge is 0.148 e. The Balaban J connectivity index is 1.96. The van der Waals surface area contributed by atoms with Crippen molar-refractivity contribution in [3.8, 4) is 0 Å². The van der Waals surface area contributed by atoms with Crippen LogP contribution < -0.4 is 11.3 Å². The molecule has 0 amide bonds. The molecular weight excluding hydrogens is 234 g/mol. The summed E-state index contributed by atoms with van der Waals surface area (Å²) in [5, 5.41) is 4.88. The molecule has 17 heavy (non-hydrogen) atoms. The number of hydrogen-bond donors (Lipinski definition) is 2. The lowest BCUT2D eigenvalue weighted by Crippen LogP contribution is -2.19. The zero-order valence-corrected chi connectivity index (χ0v) is 10.4. The van der Waals surface area contributed by atoms with Crippen molar-refractivity contribution in [2.45, 2.75) is 13.1 Å². The van der Waals surface area contributed by atoms with Crippen LogP contribution in [0.3, 0.4) is 0 Å². The first-order valence-electron chi connectivity index (χ1n) is 5.30. The predicted octanol–water partition coefficient (Wildman–Crippen LogP) is 1.46. The quantitative estimate of drug-likeness (QED) is 0.620. The van der Waals surface area contributed by atoms with Gasteiger partial charge < -0.3 is 5.43 Å². The number of hydrogen-bond acceptors (Lipinski definition) is 6. The van der Waals surface area contributed by atoms with Crippen LogP contribution in [0, 0.1) is 0 Å². The number of nitrogens with two attached hydrogens (primary N) is 1. The van der Waals surface area contributed by atoms with Crippen LogP contribution in [-0.2, 0) is 13.1 Å². The molecule has 90 valence electrons. The van der Waals surface area contributed by atoms with Crippen LogP contribution in [-0.4, -0.2) is 21.5 Å².